The fourth-order valence-electron chi connectivity index (χ4n) is 2.40. The lowest BCUT2D eigenvalue weighted by atomic mass is 10.0. The van der Waals surface area contributed by atoms with Crippen molar-refractivity contribution in [1.29, 1.82) is 0 Å². The third kappa shape index (κ3) is 5.11. The summed E-state index contributed by atoms with van der Waals surface area (Å²) >= 11 is 0. The van der Waals surface area contributed by atoms with Gasteiger partial charge in [0.2, 0.25) is 5.95 Å². The maximum absolute atomic E-state index is 9.55. The minimum Gasteiger partial charge on any atom is -0.493 e. The van der Waals surface area contributed by atoms with Crippen molar-refractivity contribution in [3.63, 3.8) is 0 Å². The second kappa shape index (κ2) is 9.24. The monoisotopic (exact) mass is 378 g/mol. The maximum atomic E-state index is 9.55. The molecule has 9 nitrogen and oxygen atoms in total. The molecule has 0 spiro atoms. The third-order valence-electron chi connectivity index (χ3n) is 3.85. The van der Waals surface area contributed by atoms with Crippen LogP contribution in [-0.2, 0) is 0 Å². The van der Waals surface area contributed by atoms with E-state index in [0.29, 0.717) is 28.8 Å². The Morgan fingerprint density at radius 1 is 1.11 bits per heavy atom. The van der Waals surface area contributed by atoms with Crippen LogP contribution >= 0.6 is 0 Å². The number of aliphatic hydroxyl groups excluding tert-OH is 2. The predicted octanol–water partition coefficient (Wildman–Crippen LogP) is 1.76. The number of nitrogens with zero attached hydrogens (tertiary/aromatic N) is 2. The summed E-state index contributed by atoms with van der Waals surface area (Å²) in [5.41, 5.74) is 6.56. The molecule has 0 aliphatic heterocycles. The second-order valence-corrected chi connectivity index (χ2v) is 6.16. The molecule has 1 atom stereocenters. The van der Waals surface area contributed by atoms with Crippen molar-refractivity contribution >= 4 is 11.8 Å². The lowest BCUT2D eigenvalue weighted by Gasteiger charge is -2.19. The van der Waals surface area contributed by atoms with Gasteiger partial charge in [-0.3, -0.25) is 0 Å². The Labute approximate surface area is 158 Å². The molecule has 0 saturated heterocycles. The highest BCUT2D eigenvalue weighted by molar-refractivity contribution is 5.57. The molecule has 1 aromatic carbocycles. The number of nitrogens with one attached hydrogen (secondary N) is 1. The summed E-state index contributed by atoms with van der Waals surface area (Å²) < 4.78 is 16.8. The molecular weight excluding hydrogens is 352 g/mol. The van der Waals surface area contributed by atoms with Crippen LogP contribution in [0.2, 0.25) is 0 Å². The first-order valence-electron chi connectivity index (χ1n) is 8.48. The lowest BCUT2D eigenvalue weighted by molar-refractivity contribution is 0.105. The number of nitrogens with two attached hydrogens (primary N) is 1. The normalized spacial score (nSPS) is 12.0. The van der Waals surface area contributed by atoms with Crippen LogP contribution < -0.4 is 25.3 Å². The fraction of sp³-hybridized carbons (Fsp3) is 0.444. The molecule has 0 aliphatic rings. The summed E-state index contributed by atoms with van der Waals surface area (Å²) in [5, 5.41) is 21.4. The molecule has 1 aromatic heterocycles. The zero-order chi connectivity index (χ0) is 20.0. The number of aliphatic hydroxyl groups is 2. The Morgan fingerprint density at radius 3 is 2.37 bits per heavy atom. The molecule has 148 valence electrons. The standard InChI is InChI=1S/C18H26N4O5/c1-10(2)12-5-14(25-3)15(26-4)6-13(12)27-16-8-21-18(19)22-17(16)20-7-11(24)9-23/h5-6,8,10-11,23-24H,7,9H2,1-4H3,(H3,19,20,21,22). The fourth-order valence-corrected chi connectivity index (χ4v) is 2.40. The molecule has 0 aliphatic carbocycles. The molecule has 2 rings (SSSR count). The van der Waals surface area contributed by atoms with Gasteiger partial charge in [-0.05, 0) is 12.0 Å². The molecule has 0 saturated carbocycles. The minimum absolute atomic E-state index is 0.0553. The Balaban J connectivity index is 2.41. The number of rotatable bonds is 9. The summed E-state index contributed by atoms with van der Waals surface area (Å²) in [5.74, 6) is 2.52. The van der Waals surface area contributed by atoms with Crippen LogP contribution in [0, 0.1) is 0 Å². The SMILES string of the molecule is COc1cc(Oc2cnc(N)nc2NCC(O)CO)c(C(C)C)cc1OC. The average molecular weight is 378 g/mol. The van der Waals surface area contributed by atoms with Gasteiger partial charge < -0.3 is 35.5 Å². The van der Waals surface area contributed by atoms with E-state index in [0.717, 1.165) is 5.56 Å². The Bertz CT molecular complexity index is 770. The van der Waals surface area contributed by atoms with Crippen molar-refractivity contribution in [3.8, 4) is 23.0 Å². The Morgan fingerprint density at radius 2 is 1.78 bits per heavy atom. The minimum atomic E-state index is -0.943. The van der Waals surface area contributed by atoms with Crippen LogP contribution in [0.4, 0.5) is 11.8 Å². The van der Waals surface area contributed by atoms with E-state index in [1.165, 1.54) is 6.20 Å². The van der Waals surface area contributed by atoms with Crippen LogP contribution in [0.25, 0.3) is 0 Å². The highest BCUT2D eigenvalue weighted by Crippen LogP contribution is 2.40. The highest BCUT2D eigenvalue weighted by atomic mass is 16.5. The maximum Gasteiger partial charge on any atom is 0.222 e. The molecule has 9 heteroatoms. The summed E-state index contributed by atoms with van der Waals surface area (Å²) in [6, 6.07) is 3.59. The quantitative estimate of drug-likeness (QED) is 0.515. The van der Waals surface area contributed by atoms with E-state index in [1.54, 1.807) is 20.3 Å². The summed E-state index contributed by atoms with van der Waals surface area (Å²) in [6.45, 7) is 3.76. The van der Waals surface area contributed by atoms with Gasteiger partial charge in [0, 0.05) is 18.2 Å². The Hall–Kier alpha value is -2.78. The molecule has 0 fully saturated rings. The van der Waals surface area contributed by atoms with E-state index in [-0.39, 0.29) is 25.0 Å². The number of nitrogen functional groups attached to an aromatic ring is 1. The van der Waals surface area contributed by atoms with Gasteiger partial charge in [0.25, 0.3) is 0 Å². The van der Waals surface area contributed by atoms with Crippen molar-refractivity contribution in [2.45, 2.75) is 25.9 Å². The third-order valence-corrected chi connectivity index (χ3v) is 3.85. The van der Waals surface area contributed by atoms with Crippen LogP contribution in [0.15, 0.2) is 18.3 Å². The van der Waals surface area contributed by atoms with Gasteiger partial charge in [0.1, 0.15) is 5.75 Å². The largest absolute Gasteiger partial charge is 0.493 e. The van der Waals surface area contributed by atoms with Gasteiger partial charge in [-0.15, -0.1) is 0 Å². The lowest BCUT2D eigenvalue weighted by Crippen LogP contribution is -2.23. The number of benzene rings is 1. The van der Waals surface area contributed by atoms with Gasteiger partial charge >= 0.3 is 0 Å². The van der Waals surface area contributed by atoms with Gasteiger partial charge in [-0.2, -0.15) is 4.98 Å². The van der Waals surface area contributed by atoms with Crippen LogP contribution in [0.3, 0.4) is 0 Å². The van der Waals surface area contributed by atoms with Crippen molar-refractivity contribution in [2.75, 3.05) is 38.4 Å². The molecular formula is C18H26N4O5. The van der Waals surface area contributed by atoms with E-state index in [2.05, 4.69) is 15.3 Å². The van der Waals surface area contributed by atoms with Crippen molar-refractivity contribution < 1.29 is 24.4 Å². The van der Waals surface area contributed by atoms with Crippen LogP contribution in [0.1, 0.15) is 25.3 Å². The van der Waals surface area contributed by atoms with E-state index in [9.17, 15) is 5.11 Å². The number of methoxy groups -OCH3 is 2. The van der Waals surface area contributed by atoms with E-state index in [4.69, 9.17) is 25.1 Å². The number of hydrogen-bond donors (Lipinski definition) is 4. The van der Waals surface area contributed by atoms with E-state index in [1.807, 2.05) is 19.9 Å². The summed E-state index contributed by atoms with van der Waals surface area (Å²) in [4.78, 5) is 8.08. The van der Waals surface area contributed by atoms with Crippen LogP contribution in [-0.4, -0.2) is 53.7 Å². The number of hydrogen-bond acceptors (Lipinski definition) is 9. The number of aromatic nitrogens is 2. The van der Waals surface area contributed by atoms with E-state index < -0.39 is 6.10 Å². The molecule has 0 amide bonds. The first-order valence-corrected chi connectivity index (χ1v) is 8.48. The zero-order valence-electron chi connectivity index (χ0n) is 15.9. The summed E-state index contributed by atoms with van der Waals surface area (Å²) in [6.07, 6.45) is 0.498. The van der Waals surface area contributed by atoms with Gasteiger partial charge in [-0.1, -0.05) is 13.8 Å². The molecule has 0 bridgehead atoms. The van der Waals surface area contributed by atoms with Crippen LogP contribution in [0.5, 0.6) is 23.0 Å². The highest BCUT2D eigenvalue weighted by Gasteiger charge is 2.18. The Kier molecular flexibility index (Phi) is 7.03. The molecule has 2 aromatic rings. The van der Waals surface area contributed by atoms with Gasteiger partial charge in [-0.25, -0.2) is 4.98 Å². The van der Waals surface area contributed by atoms with Crippen molar-refractivity contribution in [2.24, 2.45) is 0 Å². The first kappa shape index (κ1) is 20.5. The summed E-state index contributed by atoms with van der Waals surface area (Å²) in [7, 11) is 3.12. The zero-order valence-corrected chi connectivity index (χ0v) is 15.9. The topological polar surface area (TPSA) is 132 Å². The molecule has 0 radical (unpaired) electrons. The molecule has 1 heterocycles. The average Bonchev–Trinajstić information content (AvgIpc) is 2.66. The number of ether oxygens (including phenoxy) is 3. The smallest absolute Gasteiger partial charge is 0.222 e. The second-order valence-electron chi connectivity index (χ2n) is 6.16. The number of anilines is 2. The van der Waals surface area contributed by atoms with Crippen molar-refractivity contribution in [1.82, 2.24) is 9.97 Å². The van der Waals surface area contributed by atoms with Crippen molar-refractivity contribution in [3.05, 3.63) is 23.9 Å². The predicted molar refractivity (Wildman–Crippen MR) is 102 cm³/mol. The molecule has 27 heavy (non-hydrogen) atoms. The molecule has 1 unspecified atom stereocenters. The first-order chi connectivity index (χ1) is 12.9. The van der Waals surface area contributed by atoms with Gasteiger partial charge in [0.15, 0.2) is 23.1 Å². The van der Waals surface area contributed by atoms with Gasteiger partial charge in [0.05, 0.1) is 33.1 Å². The van der Waals surface area contributed by atoms with E-state index >= 15 is 0 Å². The molecule has 5 N–H and O–H groups in total.